The van der Waals surface area contributed by atoms with E-state index in [0.717, 1.165) is 6.16 Å². The fourth-order valence-electron chi connectivity index (χ4n) is 4.78. The number of nitrogens with zero attached hydrogens (tertiary/aromatic N) is 1. The van der Waals surface area contributed by atoms with E-state index >= 15 is 0 Å². The van der Waals surface area contributed by atoms with Crippen LogP contribution < -0.4 is 15.9 Å². The summed E-state index contributed by atoms with van der Waals surface area (Å²) in [6.45, 7) is 8.16. The van der Waals surface area contributed by atoms with Gasteiger partial charge in [0.1, 0.15) is 23.2 Å². The second-order valence-corrected chi connectivity index (χ2v) is 12.6. The lowest BCUT2D eigenvalue weighted by molar-refractivity contribution is 0.159. The van der Waals surface area contributed by atoms with Crippen LogP contribution in [0, 0.1) is 5.21 Å². The van der Waals surface area contributed by atoms with E-state index in [1.54, 1.807) is 0 Å². The molecule has 0 saturated heterocycles. The molecule has 0 amide bonds. The molecule has 3 aromatic carbocycles. The van der Waals surface area contributed by atoms with Gasteiger partial charge in [-0.05, 0) is 69.7 Å². The standard InChI is InChI=1S/C27H30NOP/c1-26(2)20-22(27(3,4)28(26)29)21-30(23-14-8-5-9-15-23,24-16-10-6-11-17-24)25-18-12-7-13-19-25/h5-20H,21H2,1-4H3. The van der Waals surface area contributed by atoms with Gasteiger partial charge in [-0.1, -0.05) is 60.7 Å². The van der Waals surface area contributed by atoms with E-state index < -0.39 is 18.3 Å². The second-order valence-electron chi connectivity index (χ2n) is 9.15. The fourth-order valence-corrected chi connectivity index (χ4v) is 9.25. The Morgan fingerprint density at radius 3 is 1.33 bits per heavy atom. The maximum absolute atomic E-state index is 13.1. The third-order valence-electron chi connectivity index (χ3n) is 6.34. The Bertz CT molecular complexity index is 930. The molecule has 0 unspecified atom stereocenters. The predicted octanol–water partition coefficient (Wildman–Crippen LogP) is 5.28. The van der Waals surface area contributed by atoms with Crippen molar-refractivity contribution in [2.45, 2.75) is 38.8 Å². The van der Waals surface area contributed by atoms with Gasteiger partial charge in [0.15, 0.2) is 0 Å². The Morgan fingerprint density at radius 1 is 0.667 bits per heavy atom. The molecule has 0 radical (unpaired) electrons. The lowest BCUT2D eigenvalue weighted by atomic mass is 9.98. The minimum Gasteiger partial charge on any atom is -0.784 e. The van der Waals surface area contributed by atoms with Gasteiger partial charge < -0.3 is 10.3 Å². The molecule has 30 heavy (non-hydrogen) atoms. The van der Waals surface area contributed by atoms with Crippen LogP contribution in [0.1, 0.15) is 27.7 Å². The second kappa shape index (κ2) is 7.78. The first-order chi connectivity index (χ1) is 14.3. The van der Waals surface area contributed by atoms with Crippen molar-refractivity contribution in [3.8, 4) is 0 Å². The van der Waals surface area contributed by atoms with Gasteiger partial charge in [-0.3, -0.25) is 0 Å². The zero-order valence-corrected chi connectivity index (χ0v) is 19.1. The van der Waals surface area contributed by atoms with Gasteiger partial charge in [-0.15, -0.1) is 0 Å². The summed E-state index contributed by atoms with van der Waals surface area (Å²) in [5.41, 5.74) is 0.193. The Kier molecular flexibility index (Phi) is 5.45. The maximum Gasteiger partial charge on any atom is 0.116 e. The van der Waals surface area contributed by atoms with Crippen molar-refractivity contribution < 1.29 is 0 Å². The quantitative estimate of drug-likeness (QED) is 0.419. The van der Waals surface area contributed by atoms with Crippen molar-refractivity contribution in [3.05, 3.63) is 108 Å². The van der Waals surface area contributed by atoms with Gasteiger partial charge in [0.05, 0.1) is 6.16 Å². The molecule has 0 fully saturated rings. The summed E-state index contributed by atoms with van der Waals surface area (Å²) in [6.07, 6.45) is 3.07. The van der Waals surface area contributed by atoms with Gasteiger partial charge >= 0.3 is 0 Å². The largest absolute Gasteiger partial charge is 0.784 e. The van der Waals surface area contributed by atoms with Crippen LogP contribution in [0.3, 0.4) is 0 Å². The molecule has 0 aliphatic carbocycles. The van der Waals surface area contributed by atoms with Crippen LogP contribution in [0.5, 0.6) is 0 Å². The molecule has 2 nitrogen and oxygen atoms in total. The first kappa shape index (κ1) is 21.0. The Hall–Kier alpha value is -2.25. The van der Waals surface area contributed by atoms with Crippen molar-refractivity contribution in [2.75, 3.05) is 6.16 Å². The first-order valence-electron chi connectivity index (χ1n) is 10.5. The monoisotopic (exact) mass is 415 g/mol. The fraction of sp³-hybridized carbons (Fsp3) is 0.259. The zero-order valence-electron chi connectivity index (χ0n) is 18.2. The van der Waals surface area contributed by atoms with Crippen molar-refractivity contribution in [2.24, 2.45) is 0 Å². The number of hydrogen-bond donors (Lipinski definition) is 0. The van der Waals surface area contributed by atoms with Crippen molar-refractivity contribution in [3.63, 3.8) is 0 Å². The van der Waals surface area contributed by atoms with Crippen LogP contribution >= 0.6 is 7.26 Å². The van der Waals surface area contributed by atoms with Crippen molar-refractivity contribution in [1.29, 1.82) is 0 Å². The normalized spacial score (nSPS) is 18.2. The van der Waals surface area contributed by atoms with E-state index in [-0.39, 0.29) is 0 Å². The third kappa shape index (κ3) is 3.44. The highest BCUT2D eigenvalue weighted by molar-refractivity contribution is 7.95. The van der Waals surface area contributed by atoms with Crippen LogP contribution in [0.2, 0.25) is 0 Å². The highest BCUT2D eigenvalue weighted by atomic mass is 31.2. The number of benzene rings is 3. The van der Waals surface area contributed by atoms with E-state index in [1.165, 1.54) is 26.5 Å². The Labute approximate surface area is 181 Å². The molecule has 4 rings (SSSR count). The van der Waals surface area contributed by atoms with Crippen LogP contribution in [0.4, 0.5) is 0 Å². The SMILES string of the molecule is CC1(C)C=C(C[P+](c2ccccc2)(c2ccccc2)c2ccccc2)C(C)(C)N1[O-]. The molecule has 0 spiro atoms. The summed E-state index contributed by atoms with van der Waals surface area (Å²) in [4.78, 5) is 0. The predicted molar refractivity (Wildman–Crippen MR) is 131 cm³/mol. The highest BCUT2D eigenvalue weighted by Gasteiger charge is 2.50. The van der Waals surface area contributed by atoms with Gasteiger partial charge in [0, 0.05) is 11.1 Å². The highest BCUT2D eigenvalue weighted by Crippen LogP contribution is 2.59. The van der Waals surface area contributed by atoms with Crippen molar-refractivity contribution >= 4 is 23.2 Å². The molecule has 3 aromatic rings. The van der Waals surface area contributed by atoms with Crippen LogP contribution in [0.25, 0.3) is 0 Å². The summed E-state index contributed by atoms with van der Waals surface area (Å²) >= 11 is 0. The lowest BCUT2D eigenvalue weighted by Gasteiger charge is -2.48. The van der Waals surface area contributed by atoms with E-state index in [2.05, 4.69) is 111 Å². The van der Waals surface area contributed by atoms with E-state index in [0.29, 0.717) is 0 Å². The zero-order chi connectivity index (χ0) is 21.4. The Morgan fingerprint density at radius 2 is 1.03 bits per heavy atom. The van der Waals surface area contributed by atoms with E-state index in [9.17, 15) is 5.21 Å². The van der Waals surface area contributed by atoms with E-state index in [1.807, 2.05) is 13.8 Å². The number of hydroxylamine groups is 2. The Balaban J connectivity index is 1.99. The maximum atomic E-state index is 13.1. The summed E-state index contributed by atoms with van der Waals surface area (Å²) < 4.78 is 0. The van der Waals surface area contributed by atoms with Crippen LogP contribution in [-0.2, 0) is 0 Å². The minimum absolute atomic E-state index is 0.501. The van der Waals surface area contributed by atoms with Crippen LogP contribution in [-0.4, -0.2) is 22.3 Å². The minimum atomic E-state index is -2.00. The molecular weight excluding hydrogens is 385 g/mol. The molecule has 0 bridgehead atoms. The van der Waals surface area contributed by atoms with Crippen LogP contribution in [0.15, 0.2) is 103 Å². The van der Waals surface area contributed by atoms with Gasteiger partial charge in [-0.2, -0.15) is 0 Å². The number of hydrogen-bond acceptors (Lipinski definition) is 2. The molecule has 0 N–H and O–H groups in total. The van der Waals surface area contributed by atoms with Gasteiger partial charge in [-0.25, -0.2) is 0 Å². The smallest absolute Gasteiger partial charge is 0.116 e. The number of rotatable bonds is 5. The molecule has 154 valence electrons. The molecule has 1 aliphatic heterocycles. The molecule has 1 heterocycles. The average molecular weight is 416 g/mol. The average Bonchev–Trinajstić information content (AvgIpc) is 2.92. The van der Waals surface area contributed by atoms with Gasteiger partial charge in [0.25, 0.3) is 0 Å². The molecular formula is C27H30NOP. The molecule has 1 aliphatic rings. The third-order valence-corrected chi connectivity index (χ3v) is 10.7. The summed E-state index contributed by atoms with van der Waals surface area (Å²) in [5, 5.41) is 18.4. The molecule has 0 saturated carbocycles. The van der Waals surface area contributed by atoms with Gasteiger partial charge in [0.2, 0.25) is 0 Å². The topological polar surface area (TPSA) is 26.3 Å². The first-order valence-corrected chi connectivity index (χ1v) is 12.5. The summed E-state index contributed by atoms with van der Waals surface area (Å²) in [5.74, 6) is 0. The molecule has 3 heteroatoms. The molecule has 0 aromatic heterocycles. The van der Waals surface area contributed by atoms with Crippen molar-refractivity contribution in [1.82, 2.24) is 5.06 Å². The summed E-state index contributed by atoms with van der Waals surface area (Å²) in [7, 11) is -2.00. The lowest BCUT2D eigenvalue weighted by Crippen LogP contribution is -2.47. The van der Waals surface area contributed by atoms with E-state index in [4.69, 9.17) is 0 Å². The summed E-state index contributed by atoms with van der Waals surface area (Å²) in [6, 6.07) is 32.6. The molecule has 0 atom stereocenters.